The van der Waals surface area contributed by atoms with Gasteiger partial charge in [-0.1, -0.05) is 12.1 Å². The van der Waals surface area contributed by atoms with Gasteiger partial charge in [-0.25, -0.2) is 0 Å². The number of phenolic OH excluding ortho intramolecular Hbond substituents is 1. The molecule has 0 unspecified atom stereocenters. The quantitative estimate of drug-likeness (QED) is 0.861. The number of hydrogen-bond acceptors (Lipinski definition) is 5. The van der Waals surface area contributed by atoms with Gasteiger partial charge < -0.3 is 14.6 Å². The molecule has 5 heteroatoms. The van der Waals surface area contributed by atoms with E-state index in [1.807, 2.05) is 6.07 Å². The van der Waals surface area contributed by atoms with Crippen LogP contribution in [0.15, 0.2) is 42.2 Å². The van der Waals surface area contributed by atoms with E-state index in [-0.39, 0.29) is 28.6 Å². The third-order valence-corrected chi connectivity index (χ3v) is 3.30. The lowest BCUT2D eigenvalue weighted by Gasteiger charge is -2.03. The molecule has 5 nitrogen and oxygen atoms in total. The van der Waals surface area contributed by atoms with Crippen molar-refractivity contribution in [2.45, 2.75) is 0 Å². The fourth-order valence-corrected chi connectivity index (χ4v) is 2.19. The summed E-state index contributed by atoms with van der Waals surface area (Å²) in [5.41, 5.74) is 1.38. The van der Waals surface area contributed by atoms with E-state index in [0.29, 0.717) is 11.3 Å². The highest BCUT2D eigenvalue weighted by atomic mass is 16.5. The molecule has 0 atom stereocenters. The van der Waals surface area contributed by atoms with Crippen LogP contribution in [0.5, 0.6) is 17.2 Å². The molecule has 0 aromatic heterocycles. The van der Waals surface area contributed by atoms with Gasteiger partial charge in [-0.3, -0.25) is 4.79 Å². The Kier molecular flexibility index (Phi) is 3.28. The molecule has 0 aliphatic carbocycles. The van der Waals surface area contributed by atoms with E-state index >= 15 is 0 Å². The number of rotatable bonds is 2. The van der Waals surface area contributed by atoms with Crippen LogP contribution in [0.2, 0.25) is 0 Å². The van der Waals surface area contributed by atoms with Gasteiger partial charge >= 0.3 is 0 Å². The zero-order valence-corrected chi connectivity index (χ0v) is 11.7. The number of phenols is 1. The molecular weight excluding hydrogens is 282 g/mol. The molecule has 0 bridgehead atoms. The number of aromatic hydroxyl groups is 1. The lowest BCUT2D eigenvalue weighted by atomic mass is 10.1. The summed E-state index contributed by atoms with van der Waals surface area (Å²) in [6.07, 6.45) is 1.56. The van der Waals surface area contributed by atoms with Crippen molar-refractivity contribution in [1.82, 2.24) is 0 Å². The smallest absolute Gasteiger partial charge is 0.235 e. The van der Waals surface area contributed by atoms with Gasteiger partial charge in [0.25, 0.3) is 0 Å². The highest BCUT2D eigenvalue weighted by Crippen LogP contribution is 2.40. The SMILES string of the molecule is COc1cc(O)c2c(c1)O/C(=C\c1ccc(C#N)cc1)C2=O. The Balaban J connectivity index is 1.98. The monoisotopic (exact) mass is 293 g/mol. The average molecular weight is 293 g/mol. The summed E-state index contributed by atoms with van der Waals surface area (Å²) < 4.78 is 10.5. The average Bonchev–Trinajstić information content (AvgIpc) is 2.84. The molecule has 108 valence electrons. The second-order valence-corrected chi connectivity index (χ2v) is 4.69. The predicted molar refractivity (Wildman–Crippen MR) is 78.8 cm³/mol. The molecule has 0 fully saturated rings. The van der Waals surface area contributed by atoms with Crippen LogP contribution in [0.1, 0.15) is 21.5 Å². The lowest BCUT2D eigenvalue weighted by molar-refractivity contribution is 0.101. The number of methoxy groups -OCH3 is 1. The molecule has 0 radical (unpaired) electrons. The Morgan fingerprint density at radius 2 is 2.00 bits per heavy atom. The first-order chi connectivity index (χ1) is 10.6. The number of nitriles is 1. The number of ether oxygens (including phenoxy) is 2. The molecule has 22 heavy (non-hydrogen) atoms. The molecule has 1 aliphatic rings. The van der Waals surface area contributed by atoms with Gasteiger partial charge in [0, 0.05) is 12.1 Å². The standard InChI is InChI=1S/C17H11NO4/c1-21-12-7-13(19)16-14(8-12)22-15(17(16)20)6-10-2-4-11(9-18)5-3-10/h2-8,19H,1H3/b15-6-. The minimum absolute atomic E-state index is 0.114. The number of allylic oxidation sites excluding steroid dienone is 1. The maximum atomic E-state index is 12.3. The zero-order chi connectivity index (χ0) is 15.7. The predicted octanol–water partition coefficient (Wildman–Crippen LogP) is 2.89. The van der Waals surface area contributed by atoms with E-state index in [2.05, 4.69) is 0 Å². The van der Waals surface area contributed by atoms with Crippen LogP contribution in [0.3, 0.4) is 0 Å². The van der Waals surface area contributed by atoms with Gasteiger partial charge in [0.15, 0.2) is 5.76 Å². The fourth-order valence-electron chi connectivity index (χ4n) is 2.19. The molecule has 0 spiro atoms. The van der Waals surface area contributed by atoms with Crippen molar-refractivity contribution >= 4 is 11.9 Å². The summed E-state index contributed by atoms with van der Waals surface area (Å²) in [6, 6.07) is 11.7. The lowest BCUT2D eigenvalue weighted by Crippen LogP contribution is -1.98. The van der Waals surface area contributed by atoms with Crippen molar-refractivity contribution < 1.29 is 19.4 Å². The van der Waals surface area contributed by atoms with E-state index in [9.17, 15) is 9.90 Å². The van der Waals surface area contributed by atoms with Crippen LogP contribution < -0.4 is 9.47 Å². The molecule has 1 N–H and O–H groups in total. The minimum Gasteiger partial charge on any atom is -0.507 e. The summed E-state index contributed by atoms with van der Waals surface area (Å²) >= 11 is 0. The van der Waals surface area contributed by atoms with Crippen LogP contribution in [0, 0.1) is 11.3 Å². The zero-order valence-electron chi connectivity index (χ0n) is 11.7. The van der Waals surface area contributed by atoms with E-state index in [1.165, 1.54) is 13.2 Å². The number of benzene rings is 2. The van der Waals surface area contributed by atoms with Crippen molar-refractivity contribution in [3.63, 3.8) is 0 Å². The number of Topliss-reactive ketones (excluding diaryl/α,β-unsaturated/α-hetero) is 1. The first-order valence-electron chi connectivity index (χ1n) is 6.48. The molecule has 3 rings (SSSR count). The van der Waals surface area contributed by atoms with Crippen LogP contribution in [0.25, 0.3) is 6.08 Å². The van der Waals surface area contributed by atoms with E-state index < -0.39 is 0 Å². The third-order valence-electron chi connectivity index (χ3n) is 3.30. The highest BCUT2D eigenvalue weighted by molar-refractivity contribution is 6.16. The van der Waals surface area contributed by atoms with Crippen molar-refractivity contribution in [1.29, 1.82) is 5.26 Å². The van der Waals surface area contributed by atoms with Crippen molar-refractivity contribution in [2.75, 3.05) is 7.11 Å². The van der Waals surface area contributed by atoms with Crippen LogP contribution in [0.4, 0.5) is 0 Å². The Bertz CT molecular complexity index is 829. The molecule has 2 aromatic rings. The fraction of sp³-hybridized carbons (Fsp3) is 0.0588. The first-order valence-corrected chi connectivity index (χ1v) is 6.48. The third kappa shape index (κ3) is 2.27. The van der Waals surface area contributed by atoms with E-state index in [0.717, 1.165) is 5.56 Å². The normalized spacial score (nSPS) is 14.4. The first kappa shape index (κ1) is 13.7. The second-order valence-electron chi connectivity index (χ2n) is 4.69. The molecule has 0 saturated carbocycles. The van der Waals surface area contributed by atoms with E-state index in [1.54, 1.807) is 36.4 Å². The summed E-state index contributed by atoms with van der Waals surface area (Å²) in [7, 11) is 1.46. The van der Waals surface area contributed by atoms with E-state index in [4.69, 9.17) is 14.7 Å². The Hall–Kier alpha value is -3.26. The van der Waals surface area contributed by atoms with Gasteiger partial charge in [-0.05, 0) is 23.8 Å². The second kappa shape index (κ2) is 5.26. The minimum atomic E-state index is -0.389. The van der Waals surface area contributed by atoms with Crippen LogP contribution >= 0.6 is 0 Å². The number of carbonyl (C=O) groups is 1. The Labute approximate surface area is 126 Å². The number of hydrogen-bond donors (Lipinski definition) is 1. The number of fused-ring (bicyclic) bond motifs is 1. The molecule has 1 aliphatic heterocycles. The molecule has 0 amide bonds. The molecule has 2 aromatic carbocycles. The summed E-state index contributed by atoms with van der Waals surface area (Å²) in [4.78, 5) is 12.3. The Morgan fingerprint density at radius 3 is 2.64 bits per heavy atom. The van der Waals surface area contributed by atoms with Gasteiger partial charge in [0.2, 0.25) is 5.78 Å². The van der Waals surface area contributed by atoms with Gasteiger partial charge in [0.1, 0.15) is 22.8 Å². The molecule has 0 saturated heterocycles. The largest absolute Gasteiger partial charge is 0.507 e. The van der Waals surface area contributed by atoms with Crippen LogP contribution in [-0.2, 0) is 0 Å². The summed E-state index contributed by atoms with van der Waals surface area (Å²) in [6.45, 7) is 0. The highest BCUT2D eigenvalue weighted by Gasteiger charge is 2.31. The number of carbonyl (C=O) groups excluding carboxylic acids is 1. The molecule has 1 heterocycles. The Morgan fingerprint density at radius 1 is 1.27 bits per heavy atom. The van der Waals surface area contributed by atoms with Gasteiger partial charge in [-0.2, -0.15) is 5.26 Å². The van der Waals surface area contributed by atoms with Crippen LogP contribution in [-0.4, -0.2) is 18.0 Å². The summed E-state index contributed by atoms with van der Waals surface area (Å²) in [5.74, 6) is 0.218. The summed E-state index contributed by atoms with van der Waals surface area (Å²) in [5, 5.41) is 18.7. The maximum absolute atomic E-state index is 12.3. The van der Waals surface area contributed by atoms with Gasteiger partial charge in [0.05, 0.1) is 18.7 Å². The topological polar surface area (TPSA) is 79.5 Å². The number of ketones is 1. The van der Waals surface area contributed by atoms with Crippen molar-refractivity contribution in [3.05, 3.63) is 58.8 Å². The maximum Gasteiger partial charge on any atom is 0.235 e. The molecular formula is C17H11NO4. The van der Waals surface area contributed by atoms with Crippen molar-refractivity contribution in [3.8, 4) is 23.3 Å². The van der Waals surface area contributed by atoms with Gasteiger partial charge in [-0.15, -0.1) is 0 Å². The number of nitrogens with zero attached hydrogens (tertiary/aromatic N) is 1. The van der Waals surface area contributed by atoms with Crippen molar-refractivity contribution in [2.24, 2.45) is 0 Å².